The second-order valence-electron chi connectivity index (χ2n) is 3.49. The Bertz CT molecular complexity index is 429. The molecule has 2 aromatic rings. The van der Waals surface area contributed by atoms with E-state index in [4.69, 9.17) is 5.73 Å². The van der Waals surface area contributed by atoms with Gasteiger partial charge in [-0.15, -0.1) is 0 Å². The fraction of sp³-hybridized carbons (Fsp3) is 0.300. The molecule has 2 N–H and O–H groups in total. The summed E-state index contributed by atoms with van der Waals surface area (Å²) in [6, 6.07) is 6.23. The van der Waals surface area contributed by atoms with Gasteiger partial charge in [0.15, 0.2) is 0 Å². The number of fused-ring (bicyclic) bond motifs is 1. The Hall–Kier alpha value is -1.51. The normalized spacial score (nSPS) is 11.3. The molecule has 0 unspecified atom stereocenters. The SMILES string of the molecule is CC(C)n1cc2cccc(N)c2n1. The molecular weight excluding hydrogens is 162 g/mol. The molecule has 0 radical (unpaired) electrons. The van der Waals surface area contributed by atoms with Gasteiger partial charge in [0.05, 0.1) is 5.69 Å². The monoisotopic (exact) mass is 175 g/mol. The Morgan fingerprint density at radius 3 is 2.77 bits per heavy atom. The number of nitrogens with two attached hydrogens (primary N) is 1. The van der Waals surface area contributed by atoms with E-state index in [-0.39, 0.29) is 0 Å². The van der Waals surface area contributed by atoms with Crippen LogP contribution in [0.3, 0.4) is 0 Å². The first-order valence-electron chi connectivity index (χ1n) is 4.42. The highest BCUT2D eigenvalue weighted by atomic mass is 15.3. The minimum Gasteiger partial charge on any atom is -0.397 e. The molecule has 0 saturated carbocycles. The maximum Gasteiger partial charge on any atom is 0.115 e. The van der Waals surface area contributed by atoms with Gasteiger partial charge in [-0.2, -0.15) is 5.10 Å². The van der Waals surface area contributed by atoms with Crippen molar-refractivity contribution in [3.05, 3.63) is 24.4 Å². The highest BCUT2D eigenvalue weighted by Gasteiger charge is 2.04. The van der Waals surface area contributed by atoms with Crippen LogP contribution in [0, 0.1) is 0 Å². The fourth-order valence-electron chi connectivity index (χ4n) is 1.35. The van der Waals surface area contributed by atoms with E-state index in [0.717, 1.165) is 16.6 Å². The third kappa shape index (κ3) is 1.26. The van der Waals surface area contributed by atoms with Crippen LogP contribution in [0.5, 0.6) is 0 Å². The Labute approximate surface area is 77.2 Å². The first kappa shape index (κ1) is 8.10. The van der Waals surface area contributed by atoms with Gasteiger partial charge in [0, 0.05) is 17.6 Å². The van der Waals surface area contributed by atoms with Crippen molar-refractivity contribution >= 4 is 16.6 Å². The number of nitrogens with zero attached hydrogens (tertiary/aromatic N) is 2. The van der Waals surface area contributed by atoms with E-state index in [1.54, 1.807) is 0 Å². The third-order valence-corrected chi connectivity index (χ3v) is 2.11. The largest absolute Gasteiger partial charge is 0.397 e. The predicted octanol–water partition coefficient (Wildman–Crippen LogP) is 2.20. The molecule has 0 amide bonds. The zero-order chi connectivity index (χ0) is 9.42. The number of rotatable bonds is 1. The van der Waals surface area contributed by atoms with E-state index in [9.17, 15) is 0 Å². The molecule has 68 valence electrons. The summed E-state index contributed by atoms with van der Waals surface area (Å²) in [5, 5.41) is 5.51. The molecule has 0 aliphatic heterocycles. The van der Waals surface area contributed by atoms with Crippen LogP contribution < -0.4 is 5.73 Å². The summed E-state index contributed by atoms with van der Waals surface area (Å²) in [5.41, 5.74) is 7.44. The lowest BCUT2D eigenvalue weighted by Gasteiger charge is -2.02. The minimum absolute atomic E-state index is 0.381. The summed E-state index contributed by atoms with van der Waals surface area (Å²) >= 11 is 0. The molecule has 0 saturated heterocycles. The van der Waals surface area contributed by atoms with E-state index in [0.29, 0.717) is 6.04 Å². The third-order valence-electron chi connectivity index (χ3n) is 2.11. The van der Waals surface area contributed by atoms with Gasteiger partial charge in [-0.05, 0) is 19.9 Å². The average molecular weight is 175 g/mol. The molecule has 0 aliphatic rings. The highest BCUT2D eigenvalue weighted by molar-refractivity contribution is 5.88. The number of benzene rings is 1. The number of nitrogen functional groups attached to an aromatic ring is 1. The van der Waals surface area contributed by atoms with E-state index in [1.807, 2.05) is 29.1 Å². The maximum atomic E-state index is 5.79. The first-order chi connectivity index (χ1) is 6.18. The van der Waals surface area contributed by atoms with E-state index >= 15 is 0 Å². The summed E-state index contributed by atoms with van der Waals surface area (Å²) in [4.78, 5) is 0. The molecule has 1 aromatic heterocycles. The summed E-state index contributed by atoms with van der Waals surface area (Å²) in [5.74, 6) is 0. The predicted molar refractivity (Wildman–Crippen MR) is 54.5 cm³/mol. The van der Waals surface area contributed by atoms with Gasteiger partial charge in [-0.1, -0.05) is 12.1 Å². The second kappa shape index (κ2) is 2.76. The van der Waals surface area contributed by atoms with Crippen molar-refractivity contribution in [3.63, 3.8) is 0 Å². The summed E-state index contributed by atoms with van der Waals surface area (Å²) < 4.78 is 1.93. The van der Waals surface area contributed by atoms with Crippen molar-refractivity contribution in [1.82, 2.24) is 9.78 Å². The van der Waals surface area contributed by atoms with Gasteiger partial charge in [-0.3, -0.25) is 4.68 Å². The van der Waals surface area contributed by atoms with Crippen LogP contribution in [0.2, 0.25) is 0 Å². The molecule has 0 atom stereocenters. The smallest absolute Gasteiger partial charge is 0.115 e. The van der Waals surface area contributed by atoms with E-state index < -0.39 is 0 Å². The zero-order valence-electron chi connectivity index (χ0n) is 7.86. The second-order valence-corrected chi connectivity index (χ2v) is 3.49. The first-order valence-corrected chi connectivity index (χ1v) is 4.42. The van der Waals surface area contributed by atoms with Gasteiger partial charge in [0.25, 0.3) is 0 Å². The Kier molecular flexibility index (Phi) is 1.72. The maximum absolute atomic E-state index is 5.79. The van der Waals surface area contributed by atoms with Crippen LogP contribution in [0.1, 0.15) is 19.9 Å². The fourth-order valence-corrected chi connectivity index (χ4v) is 1.35. The van der Waals surface area contributed by atoms with Gasteiger partial charge in [0.1, 0.15) is 5.52 Å². The average Bonchev–Trinajstić information content (AvgIpc) is 2.49. The molecule has 0 bridgehead atoms. The van der Waals surface area contributed by atoms with Crippen LogP contribution >= 0.6 is 0 Å². The van der Waals surface area contributed by atoms with Crippen LogP contribution in [-0.4, -0.2) is 9.78 Å². The number of hydrogen-bond donors (Lipinski definition) is 1. The van der Waals surface area contributed by atoms with Crippen LogP contribution in [0.4, 0.5) is 5.69 Å². The van der Waals surface area contributed by atoms with Crippen molar-refractivity contribution in [1.29, 1.82) is 0 Å². The van der Waals surface area contributed by atoms with Crippen molar-refractivity contribution in [2.24, 2.45) is 0 Å². The Balaban J connectivity index is 2.68. The summed E-state index contributed by atoms with van der Waals surface area (Å²) in [6.45, 7) is 4.20. The van der Waals surface area contributed by atoms with Crippen LogP contribution in [0.15, 0.2) is 24.4 Å². The van der Waals surface area contributed by atoms with Gasteiger partial charge in [0.2, 0.25) is 0 Å². The minimum atomic E-state index is 0.381. The molecule has 1 heterocycles. The highest BCUT2D eigenvalue weighted by Crippen LogP contribution is 2.20. The van der Waals surface area contributed by atoms with Gasteiger partial charge < -0.3 is 5.73 Å². The lowest BCUT2D eigenvalue weighted by molar-refractivity contribution is 0.537. The molecule has 3 nitrogen and oxygen atoms in total. The molecule has 0 aliphatic carbocycles. The van der Waals surface area contributed by atoms with Crippen LogP contribution in [0.25, 0.3) is 10.9 Å². The van der Waals surface area contributed by atoms with Crippen molar-refractivity contribution in [2.75, 3.05) is 5.73 Å². The standard InChI is InChI=1S/C10H13N3/c1-7(2)13-6-8-4-3-5-9(11)10(8)12-13/h3-7H,11H2,1-2H3. The van der Waals surface area contributed by atoms with Crippen molar-refractivity contribution in [3.8, 4) is 0 Å². The molecule has 0 spiro atoms. The lowest BCUT2D eigenvalue weighted by atomic mass is 10.2. The number of aromatic nitrogens is 2. The molecule has 0 fully saturated rings. The lowest BCUT2D eigenvalue weighted by Crippen LogP contribution is -2.00. The van der Waals surface area contributed by atoms with Gasteiger partial charge >= 0.3 is 0 Å². The van der Waals surface area contributed by atoms with Crippen molar-refractivity contribution < 1.29 is 0 Å². The number of hydrogen-bond acceptors (Lipinski definition) is 2. The Morgan fingerprint density at radius 1 is 1.38 bits per heavy atom. The molecule has 1 aromatic carbocycles. The zero-order valence-corrected chi connectivity index (χ0v) is 7.86. The summed E-state index contributed by atoms with van der Waals surface area (Å²) in [7, 11) is 0. The molecule has 3 heteroatoms. The molecule has 2 rings (SSSR count). The molecular formula is C10H13N3. The van der Waals surface area contributed by atoms with Crippen molar-refractivity contribution in [2.45, 2.75) is 19.9 Å². The number of anilines is 1. The van der Waals surface area contributed by atoms with E-state index in [2.05, 4.69) is 18.9 Å². The van der Waals surface area contributed by atoms with E-state index in [1.165, 1.54) is 0 Å². The molecule has 13 heavy (non-hydrogen) atoms. The topological polar surface area (TPSA) is 43.8 Å². The Morgan fingerprint density at radius 2 is 2.15 bits per heavy atom. The summed E-state index contributed by atoms with van der Waals surface area (Å²) in [6.07, 6.45) is 2.02. The quantitative estimate of drug-likeness (QED) is 0.675. The van der Waals surface area contributed by atoms with Gasteiger partial charge in [-0.25, -0.2) is 0 Å². The van der Waals surface area contributed by atoms with Crippen LogP contribution in [-0.2, 0) is 0 Å².